The zero-order chi connectivity index (χ0) is 8.39. The van der Waals surface area contributed by atoms with Gasteiger partial charge in [0.1, 0.15) is 0 Å². The van der Waals surface area contributed by atoms with E-state index >= 15 is 0 Å². The zero-order valence-corrected chi connectivity index (χ0v) is 6.28. The number of aromatic nitrogens is 1. The molecule has 3 nitrogen and oxygen atoms in total. The standard InChI is InChI=1S/C9H6NO2/c11-6-5-8-7-3-1-2-4-9(7)12-10-8/h1-4H,5H2. The third-order valence-electron chi connectivity index (χ3n) is 1.69. The van der Waals surface area contributed by atoms with Crippen molar-refractivity contribution in [1.29, 1.82) is 0 Å². The van der Waals surface area contributed by atoms with Crippen LogP contribution in [0.4, 0.5) is 0 Å². The number of fused-ring (bicyclic) bond motifs is 1. The van der Waals surface area contributed by atoms with Crippen LogP contribution in [0.3, 0.4) is 0 Å². The normalized spacial score (nSPS) is 10.3. The molecule has 0 N–H and O–H groups in total. The highest BCUT2D eigenvalue weighted by molar-refractivity contribution is 5.81. The molecule has 12 heavy (non-hydrogen) atoms. The number of carbonyl (C=O) groups excluding carboxylic acids is 1. The summed E-state index contributed by atoms with van der Waals surface area (Å²) in [4.78, 5) is 10.1. The molecule has 1 aromatic carbocycles. The van der Waals surface area contributed by atoms with Crippen LogP contribution in [0.5, 0.6) is 0 Å². The molecule has 0 aliphatic carbocycles. The van der Waals surface area contributed by atoms with Crippen molar-refractivity contribution in [2.45, 2.75) is 6.42 Å². The molecule has 59 valence electrons. The number of hydrogen-bond donors (Lipinski definition) is 0. The molecule has 0 saturated carbocycles. The Labute approximate surface area is 69.0 Å². The molecular weight excluding hydrogens is 154 g/mol. The highest BCUT2D eigenvalue weighted by atomic mass is 16.5. The highest BCUT2D eigenvalue weighted by Gasteiger charge is 2.05. The smallest absolute Gasteiger partial charge is 0.204 e. The summed E-state index contributed by atoms with van der Waals surface area (Å²) in [7, 11) is 0. The average molecular weight is 160 g/mol. The number of nitrogens with zero attached hydrogens (tertiary/aromatic N) is 1. The molecule has 0 bridgehead atoms. The predicted molar refractivity (Wildman–Crippen MR) is 43.4 cm³/mol. The monoisotopic (exact) mass is 160 g/mol. The topological polar surface area (TPSA) is 43.1 Å². The lowest BCUT2D eigenvalue weighted by molar-refractivity contribution is 0.448. The zero-order valence-electron chi connectivity index (χ0n) is 6.28. The maximum absolute atomic E-state index is 10.1. The Hall–Kier alpha value is -1.64. The minimum atomic E-state index is 0.191. The molecule has 0 spiro atoms. The van der Waals surface area contributed by atoms with Crippen molar-refractivity contribution < 1.29 is 9.32 Å². The van der Waals surface area contributed by atoms with Crippen LogP contribution in [0.1, 0.15) is 5.69 Å². The molecule has 1 aromatic heterocycles. The van der Waals surface area contributed by atoms with Gasteiger partial charge in [-0.05, 0) is 12.1 Å². The Bertz CT molecular complexity index is 406. The van der Waals surface area contributed by atoms with Gasteiger partial charge in [-0.1, -0.05) is 17.3 Å². The van der Waals surface area contributed by atoms with Crippen LogP contribution in [0, 0.1) is 0 Å². The van der Waals surface area contributed by atoms with Crippen LogP contribution < -0.4 is 0 Å². The fraction of sp³-hybridized carbons (Fsp3) is 0.111. The van der Waals surface area contributed by atoms with Gasteiger partial charge in [0, 0.05) is 5.39 Å². The van der Waals surface area contributed by atoms with Gasteiger partial charge in [0.05, 0.1) is 12.1 Å². The average Bonchev–Trinajstić information content (AvgIpc) is 2.50. The predicted octanol–water partition coefficient (Wildman–Crippen LogP) is 1.48. The summed E-state index contributed by atoms with van der Waals surface area (Å²) in [5.41, 5.74) is 1.36. The van der Waals surface area contributed by atoms with Crippen molar-refractivity contribution in [1.82, 2.24) is 5.16 Å². The molecule has 0 amide bonds. The van der Waals surface area contributed by atoms with Crippen molar-refractivity contribution in [3.05, 3.63) is 30.0 Å². The van der Waals surface area contributed by atoms with Gasteiger partial charge >= 0.3 is 0 Å². The fourth-order valence-electron chi connectivity index (χ4n) is 1.13. The van der Waals surface area contributed by atoms with E-state index in [0.717, 1.165) is 5.39 Å². The highest BCUT2D eigenvalue weighted by Crippen LogP contribution is 2.17. The summed E-state index contributed by atoms with van der Waals surface area (Å²) >= 11 is 0. The van der Waals surface area contributed by atoms with Crippen LogP contribution in [-0.4, -0.2) is 11.4 Å². The quantitative estimate of drug-likeness (QED) is 0.668. The van der Waals surface area contributed by atoms with Gasteiger partial charge < -0.3 is 4.52 Å². The Morgan fingerprint density at radius 1 is 1.42 bits per heavy atom. The Morgan fingerprint density at radius 2 is 2.25 bits per heavy atom. The molecule has 1 heterocycles. The lowest BCUT2D eigenvalue weighted by Crippen LogP contribution is -1.84. The maximum atomic E-state index is 10.1. The van der Waals surface area contributed by atoms with Crippen LogP contribution in [0.15, 0.2) is 28.8 Å². The molecular formula is C9H6NO2. The van der Waals surface area contributed by atoms with Gasteiger partial charge in [0.2, 0.25) is 6.29 Å². The van der Waals surface area contributed by atoms with Crippen molar-refractivity contribution in [3.8, 4) is 0 Å². The molecule has 0 atom stereocenters. The first-order valence-electron chi connectivity index (χ1n) is 3.60. The van der Waals surface area contributed by atoms with E-state index in [1.54, 1.807) is 6.29 Å². The molecule has 3 heteroatoms. The van der Waals surface area contributed by atoms with E-state index in [0.29, 0.717) is 11.3 Å². The van der Waals surface area contributed by atoms with Crippen LogP contribution in [-0.2, 0) is 11.2 Å². The van der Waals surface area contributed by atoms with Crippen molar-refractivity contribution in [3.63, 3.8) is 0 Å². The first-order chi connectivity index (χ1) is 5.92. The largest absolute Gasteiger partial charge is 0.356 e. The van der Waals surface area contributed by atoms with Crippen molar-refractivity contribution >= 4 is 17.3 Å². The van der Waals surface area contributed by atoms with E-state index in [-0.39, 0.29) is 6.42 Å². The van der Waals surface area contributed by atoms with Crippen LogP contribution >= 0.6 is 0 Å². The van der Waals surface area contributed by atoms with E-state index in [2.05, 4.69) is 5.16 Å². The molecule has 0 aliphatic heterocycles. The van der Waals surface area contributed by atoms with E-state index < -0.39 is 0 Å². The van der Waals surface area contributed by atoms with E-state index in [9.17, 15) is 4.79 Å². The van der Waals surface area contributed by atoms with E-state index in [4.69, 9.17) is 4.52 Å². The van der Waals surface area contributed by atoms with E-state index in [1.807, 2.05) is 24.3 Å². The summed E-state index contributed by atoms with van der Waals surface area (Å²) < 4.78 is 4.97. The Morgan fingerprint density at radius 3 is 3.08 bits per heavy atom. The van der Waals surface area contributed by atoms with Gasteiger partial charge in [-0.25, -0.2) is 0 Å². The number of para-hydroxylation sites is 1. The molecule has 1 radical (unpaired) electrons. The molecule has 2 aromatic rings. The first-order valence-corrected chi connectivity index (χ1v) is 3.60. The Balaban J connectivity index is 2.62. The summed E-state index contributed by atoms with van der Waals surface area (Å²) in [5.74, 6) is 0. The minimum absolute atomic E-state index is 0.191. The summed E-state index contributed by atoms with van der Waals surface area (Å²) in [5, 5.41) is 4.64. The van der Waals surface area contributed by atoms with Gasteiger partial charge in [0.25, 0.3) is 0 Å². The summed E-state index contributed by atoms with van der Waals surface area (Å²) in [6.07, 6.45) is 1.98. The summed E-state index contributed by atoms with van der Waals surface area (Å²) in [6, 6.07) is 7.44. The summed E-state index contributed by atoms with van der Waals surface area (Å²) in [6.45, 7) is 0. The molecule has 0 fully saturated rings. The second-order valence-electron chi connectivity index (χ2n) is 2.45. The molecule has 0 unspecified atom stereocenters. The number of hydrogen-bond acceptors (Lipinski definition) is 3. The van der Waals surface area contributed by atoms with Crippen LogP contribution in [0.25, 0.3) is 11.0 Å². The van der Waals surface area contributed by atoms with Gasteiger partial charge in [0.15, 0.2) is 5.58 Å². The SMILES string of the molecule is O=[C]Cc1noc2ccccc12. The lowest BCUT2D eigenvalue weighted by Gasteiger charge is -1.85. The first kappa shape index (κ1) is 7.03. The molecule has 2 rings (SSSR count). The maximum Gasteiger partial charge on any atom is 0.204 e. The fourth-order valence-corrected chi connectivity index (χ4v) is 1.13. The second kappa shape index (κ2) is 2.77. The molecule has 0 saturated heterocycles. The van der Waals surface area contributed by atoms with Crippen molar-refractivity contribution in [2.24, 2.45) is 0 Å². The molecule has 0 aliphatic rings. The third kappa shape index (κ3) is 0.993. The van der Waals surface area contributed by atoms with Gasteiger partial charge in [-0.15, -0.1) is 0 Å². The lowest BCUT2D eigenvalue weighted by atomic mass is 10.2. The number of rotatable bonds is 2. The Kier molecular flexibility index (Phi) is 1.63. The number of benzene rings is 1. The third-order valence-corrected chi connectivity index (χ3v) is 1.69. The van der Waals surface area contributed by atoms with Gasteiger partial charge in [-0.3, -0.25) is 4.79 Å². The van der Waals surface area contributed by atoms with E-state index in [1.165, 1.54) is 0 Å². The van der Waals surface area contributed by atoms with Crippen LogP contribution in [0.2, 0.25) is 0 Å². The minimum Gasteiger partial charge on any atom is -0.356 e. The van der Waals surface area contributed by atoms with Crippen molar-refractivity contribution in [2.75, 3.05) is 0 Å². The second-order valence-corrected chi connectivity index (χ2v) is 2.45. The van der Waals surface area contributed by atoms with Gasteiger partial charge in [-0.2, -0.15) is 0 Å².